The third kappa shape index (κ3) is 3.98. The lowest BCUT2D eigenvalue weighted by molar-refractivity contribution is -0.113. The van der Waals surface area contributed by atoms with E-state index >= 15 is 0 Å². The van der Waals surface area contributed by atoms with Gasteiger partial charge in [0.15, 0.2) is 4.32 Å². The molecule has 0 radical (unpaired) electrons. The van der Waals surface area contributed by atoms with Crippen molar-refractivity contribution in [1.82, 2.24) is 0 Å². The van der Waals surface area contributed by atoms with Crippen molar-refractivity contribution in [3.8, 4) is 11.3 Å². The number of rotatable bonds is 4. The van der Waals surface area contributed by atoms with Crippen LogP contribution in [0.15, 0.2) is 70.0 Å². The molecule has 1 saturated heterocycles. The van der Waals surface area contributed by atoms with E-state index in [0.717, 1.165) is 17.3 Å². The molecule has 1 amide bonds. The maximum absolute atomic E-state index is 12.8. The number of thiocarbonyl (C=S) groups is 1. The van der Waals surface area contributed by atoms with Gasteiger partial charge in [-0.25, -0.2) is 4.79 Å². The van der Waals surface area contributed by atoms with E-state index in [1.165, 1.54) is 17.0 Å². The number of aromatic carboxylic acids is 1. The normalized spacial score (nSPS) is 15.3. The summed E-state index contributed by atoms with van der Waals surface area (Å²) in [5.74, 6) is -0.131. The van der Waals surface area contributed by atoms with Gasteiger partial charge in [0, 0.05) is 16.7 Å². The summed E-state index contributed by atoms with van der Waals surface area (Å²) in [6.45, 7) is 0. The summed E-state index contributed by atoms with van der Waals surface area (Å²) in [4.78, 5) is 25.6. The average molecular weight is 442 g/mol. The largest absolute Gasteiger partial charge is 0.478 e. The molecule has 8 heteroatoms. The standard InChI is InChI=1S/C21H12ClNO4S2/c22-14-5-1-12(2-6-14)17-10-9-16(27-17)11-18-19(24)23(21(28)29-18)15-7-3-13(4-8-15)20(25)26/h1-11H,(H,25,26). The van der Waals surface area contributed by atoms with Crippen molar-refractivity contribution in [3.05, 3.63) is 81.9 Å². The third-order valence-electron chi connectivity index (χ3n) is 4.20. The summed E-state index contributed by atoms with van der Waals surface area (Å²) in [5, 5.41) is 9.65. The van der Waals surface area contributed by atoms with Crippen molar-refractivity contribution in [2.24, 2.45) is 0 Å². The third-order valence-corrected chi connectivity index (χ3v) is 5.75. The summed E-state index contributed by atoms with van der Waals surface area (Å²) >= 11 is 12.4. The van der Waals surface area contributed by atoms with E-state index in [0.29, 0.717) is 31.5 Å². The molecule has 0 bridgehead atoms. The Labute approximate surface area is 180 Å². The van der Waals surface area contributed by atoms with E-state index in [1.807, 2.05) is 18.2 Å². The van der Waals surface area contributed by atoms with Gasteiger partial charge in [0.1, 0.15) is 11.5 Å². The Bertz CT molecular complexity index is 1150. The number of carboxylic acids is 1. The molecule has 5 nitrogen and oxygen atoms in total. The van der Waals surface area contributed by atoms with Crippen LogP contribution < -0.4 is 4.90 Å². The fraction of sp³-hybridized carbons (Fsp3) is 0. The molecule has 1 aromatic heterocycles. The zero-order chi connectivity index (χ0) is 20.5. The Morgan fingerprint density at radius 1 is 1.07 bits per heavy atom. The van der Waals surface area contributed by atoms with E-state index < -0.39 is 5.97 Å². The quantitative estimate of drug-likeness (QED) is 0.413. The molecule has 0 spiro atoms. The van der Waals surface area contributed by atoms with Crippen molar-refractivity contribution in [2.75, 3.05) is 4.90 Å². The number of halogens is 1. The Balaban J connectivity index is 1.58. The minimum atomic E-state index is -1.03. The Kier molecular flexibility index (Phi) is 5.27. The van der Waals surface area contributed by atoms with E-state index in [2.05, 4.69) is 0 Å². The molecule has 0 unspecified atom stereocenters. The molecule has 1 fully saturated rings. The van der Waals surface area contributed by atoms with Crippen LogP contribution in [0.25, 0.3) is 17.4 Å². The lowest BCUT2D eigenvalue weighted by Gasteiger charge is -2.14. The zero-order valence-corrected chi connectivity index (χ0v) is 17.1. The maximum atomic E-state index is 12.8. The second-order valence-corrected chi connectivity index (χ2v) is 8.19. The van der Waals surface area contributed by atoms with Crippen molar-refractivity contribution >= 4 is 63.5 Å². The Hall–Kier alpha value is -2.87. The molecule has 1 aliphatic rings. The first kappa shape index (κ1) is 19.4. The molecule has 29 heavy (non-hydrogen) atoms. The van der Waals surface area contributed by atoms with Gasteiger partial charge >= 0.3 is 5.97 Å². The van der Waals surface area contributed by atoms with Crippen LogP contribution in [0.5, 0.6) is 0 Å². The van der Waals surface area contributed by atoms with Gasteiger partial charge < -0.3 is 9.52 Å². The first-order chi connectivity index (χ1) is 13.9. The second-order valence-electron chi connectivity index (χ2n) is 6.08. The highest BCUT2D eigenvalue weighted by Gasteiger charge is 2.33. The summed E-state index contributed by atoms with van der Waals surface area (Å²) in [7, 11) is 0. The Morgan fingerprint density at radius 2 is 1.76 bits per heavy atom. The summed E-state index contributed by atoms with van der Waals surface area (Å²) in [5.41, 5.74) is 1.53. The number of anilines is 1. The molecule has 2 aromatic carbocycles. The van der Waals surface area contributed by atoms with Gasteiger partial charge in [0.2, 0.25) is 0 Å². The number of hydrogen-bond donors (Lipinski definition) is 1. The highest BCUT2D eigenvalue weighted by molar-refractivity contribution is 8.27. The molecule has 1 N–H and O–H groups in total. The highest BCUT2D eigenvalue weighted by atomic mass is 35.5. The number of amides is 1. The number of benzene rings is 2. The lowest BCUT2D eigenvalue weighted by atomic mass is 10.2. The minimum absolute atomic E-state index is 0.139. The van der Waals surface area contributed by atoms with Crippen molar-refractivity contribution < 1.29 is 19.1 Å². The van der Waals surface area contributed by atoms with Gasteiger partial charge in [-0.1, -0.05) is 35.6 Å². The number of thioether (sulfide) groups is 1. The van der Waals surface area contributed by atoms with Crippen LogP contribution in [0.4, 0.5) is 5.69 Å². The van der Waals surface area contributed by atoms with Gasteiger partial charge in [-0.2, -0.15) is 0 Å². The van der Waals surface area contributed by atoms with Crippen LogP contribution in [0.3, 0.4) is 0 Å². The number of hydrogen-bond acceptors (Lipinski definition) is 5. The van der Waals surface area contributed by atoms with Gasteiger partial charge in [-0.3, -0.25) is 9.69 Å². The fourth-order valence-corrected chi connectivity index (χ4v) is 4.18. The summed E-state index contributed by atoms with van der Waals surface area (Å²) < 4.78 is 6.20. The number of nitrogens with zero attached hydrogens (tertiary/aromatic N) is 1. The molecule has 0 aliphatic carbocycles. The average Bonchev–Trinajstić information content (AvgIpc) is 3.27. The molecule has 0 saturated carbocycles. The van der Waals surface area contributed by atoms with Crippen LogP contribution in [0.2, 0.25) is 5.02 Å². The van der Waals surface area contributed by atoms with Gasteiger partial charge in [-0.05, 0) is 60.7 Å². The summed E-state index contributed by atoms with van der Waals surface area (Å²) in [6, 6.07) is 16.8. The predicted octanol–water partition coefficient (Wildman–Crippen LogP) is 5.70. The number of carbonyl (C=O) groups is 2. The van der Waals surface area contributed by atoms with E-state index in [9.17, 15) is 9.59 Å². The lowest BCUT2D eigenvalue weighted by Crippen LogP contribution is -2.27. The van der Waals surface area contributed by atoms with E-state index in [4.69, 9.17) is 33.3 Å². The van der Waals surface area contributed by atoms with E-state index in [1.54, 1.807) is 36.4 Å². The van der Waals surface area contributed by atoms with Crippen LogP contribution in [-0.2, 0) is 4.79 Å². The van der Waals surface area contributed by atoms with Crippen LogP contribution >= 0.6 is 35.6 Å². The molecule has 2 heterocycles. The monoisotopic (exact) mass is 441 g/mol. The molecule has 144 valence electrons. The number of carboxylic acid groups (broad SMARTS) is 1. The van der Waals surface area contributed by atoms with Gasteiger partial charge in [0.25, 0.3) is 5.91 Å². The predicted molar refractivity (Wildman–Crippen MR) is 118 cm³/mol. The molecular formula is C21H12ClNO4S2. The van der Waals surface area contributed by atoms with Crippen LogP contribution in [0, 0.1) is 0 Å². The number of furan rings is 1. The molecule has 0 atom stereocenters. The SMILES string of the molecule is O=C(O)c1ccc(N2C(=O)C(=Cc3ccc(-c4ccc(Cl)cc4)o3)SC2=S)cc1. The summed E-state index contributed by atoms with van der Waals surface area (Å²) in [6.07, 6.45) is 1.64. The van der Waals surface area contributed by atoms with Crippen LogP contribution in [-0.4, -0.2) is 21.3 Å². The molecular weight excluding hydrogens is 430 g/mol. The maximum Gasteiger partial charge on any atom is 0.335 e. The zero-order valence-electron chi connectivity index (χ0n) is 14.7. The minimum Gasteiger partial charge on any atom is -0.478 e. The van der Waals surface area contributed by atoms with Gasteiger partial charge in [-0.15, -0.1) is 0 Å². The Morgan fingerprint density at radius 3 is 2.41 bits per heavy atom. The first-order valence-corrected chi connectivity index (χ1v) is 10.00. The first-order valence-electron chi connectivity index (χ1n) is 8.39. The van der Waals surface area contributed by atoms with Crippen molar-refractivity contribution in [3.63, 3.8) is 0 Å². The van der Waals surface area contributed by atoms with Crippen LogP contribution in [0.1, 0.15) is 16.1 Å². The van der Waals surface area contributed by atoms with Crippen molar-refractivity contribution in [2.45, 2.75) is 0 Å². The van der Waals surface area contributed by atoms with E-state index in [-0.39, 0.29) is 11.5 Å². The highest BCUT2D eigenvalue weighted by Crippen LogP contribution is 2.36. The fourth-order valence-electron chi connectivity index (χ4n) is 2.77. The molecule has 1 aliphatic heterocycles. The molecule has 4 rings (SSSR count). The number of carbonyl (C=O) groups excluding carboxylic acids is 1. The second kappa shape index (κ2) is 7.87. The van der Waals surface area contributed by atoms with Crippen molar-refractivity contribution in [1.29, 1.82) is 0 Å². The topological polar surface area (TPSA) is 70.8 Å². The smallest absolute Gasteiger partial charge is 0.335 e. The molecule has 3 aromatic rings. The van der Waals surface area contributed by atoms with Gasteiger partial charge in [0.05, 0.1) is 16.2 Å².